The minimum atomic E-state index is 0.158. The lowest BCUT2D eigenvalue weighted by Gasteiger charge is -2.09. The fraction of sp³-hybridized carbons (Fsp3) is 0.462. The van der Waals surface area contributed by atoms with Crippen LogP contribution in [-0.2, 0) is 4.79 Å². The Morgan fingerprint density at radius 2 is 2.31 bits per heavy atom. The number of nitrogens with one attached hydrogen (secondary N) is 2. The predicted octanol–water partition coefficient (Wildman–Crippen LogP) is 2.11. The van der Waals surface area contributed by atoms with Gasteiger partial charge in [-0.25, -0.2) is 0 Å². The number of carbonyl (C=O) groups is 1. The van der Waals surface area contributed by atoms with E-state index >= 15 is 0 Å². The van der Waals surface area contributed by atoms with Gasteiger partial charge in [-0.05, 0) is 18.1 Å². The normalized spacial score (nSPS) is 17.7. The maximum Gasteiger partial charge on any atom is 0.220 e. The van der Waals surface area contributed by atoms with Crippen LogP contribution in [0.2, 0.25) is 0 Å². The number of para-hydroxylation sites is 1. The van der Waals surface area contributed by atoms with Crippen molar-refractivity contribution in [2.24, 2.45) is 0 Å². The molecule has 1 heterocycles. The largest absolute Gasteiger partial charge is 0.384 e. The molecular weight excluding hydrogens is 200 g/mol. The fourth-order valence-electron chi connectivity index (χ4n) is 2.10. The van der Waals surface area contributed by atoms with Gasteiger partial charge in [0.05, 0.1) is 0 Å². The summed E-state index contributed by atoms with van der Waals surface area (Å²) in [7, 11) is 0. The number of hydrogen-bond acceptors (Lipinski definition) is 2. The summed E-state index contributed by atoms with van der Waals surface area (Å²) in [4.78, 5) is 11.6. The molecule has 1 aromatic rings. The van der Waals surface area contributed by atoms with Crippen molar-refractivity contribution >= 4 is 11.6 Å². The number of rotatable bonds is 4. The highest BCUT2D eigenvalue weighted by molar-refractivity contribution is 5.78. The summed E-state index contributed by atoms with van der Waals surface area (Å²) >= 11 is 0. The maximum absolute atomic E-state index is 11.6. The first-order valence-corrected chi connectivity index (χ1v) is 5.90. The number of amides is 1. The van der Waals surface area contributed by atoms with Crippen molar-refractivity contribution in [1.82, 2.24) is 5.32 Å². The first kappa shape index (κ1) is 11.0. The van der Waals surface area contributed by atoms with Crippen molar-refractivity contribution in [2.45, 2.75) is 25.7 Å². The Morgan fingerprint density at radius 3 is 3.12 bits per heavy atom. The minimum absolute atomic E-state index is 0.158. The number of benzene rings is 1. The van der Waals surface area contributed by atoms with E-state index in [9.17, 15) is 4.79 Å². The average molecular weight is 218 g/mol. The van der Waals surface area contributed by atoms with Crippen LogP contribution in [0.3, 0.4) is 0 Å². The maximum atomic E-state index is 11.6. The van der Waals surface area contributed by atoms with Crippen LogP contribution in [0, 0.1) is 0 Å². The summed E-state index contributed by atoms with van der Waals surface area (Å²) in [5.41, 5.74) is 2.45. The van der Waals surface area contributed by atoms with Crippen LogP contribution < -0.4 is 10.6 Å². The van der Waals surface area contributed by atoms with Gasteiger partial charge in [0.15, 0.2) is 0 Å². The molecule has 0 aromatic heterocycles. The Kier molecular flexibility index (Phi) is 3.44. The van der Waals surface area contributed by atoms with Crippen LogP contribution in [-0.4, -0.2) is 19.0 Å². The molecule has 3 heteroatoms. The molecule has 1 aromatic carbocycles. The van der Waals surface area contributed by atoms with Gasteiger partial charge >= 0.3 is 0 Å². The molecule has 16 heavy (non-hydrogen) atoms. The number of hydrogen-bond donors (Lipinski definition) is 2. The third-order valence-corrected chi connectivity index (χ3v) is 2.94. The summed E-state index contributed by atoms with van der Waals surface area (Å²) in [5.74, 6) is 0.485. The molecule has 1 amide bonds. The quantitative estimate of drug-likeness (QED) is 0.812. The van der Waals surface area contributed by atoms with Crippen LogP contribution in [0.5, 0.6) is 0 Å². The van der Waals surface area contributed by atoms with Crippen LogP contribution in [0.1, 0.15) is 31.2 Å². The Bertz CT molecular complexity index is 376. The fourth-order valence-corrected chi connectivity index (χ4v) is 2.10. The molecule has 0 radical (unpaired) electrons. The van der Waals surface area contributed by atoms with Crippen molar-refractivity contribution < 1.29 is 4.79 Å². The van der Waals surface area contributed by atoms with Gasteiger partial charge < -0.3 is 10.6 Å². The van der Waals surface area contributed by atoms with E-state index in [2.05, 4.69) is 29.7 Å². The van der Waals surface area contributed by atoms with Crippen molar-refractivity contribution in [3.05, 3.63) is 29.8 Å². The molecule has 0 fully saturated rings. The smallest absolute Gasteiger partial charge is 0.220 e. The van der Waals surface area contributed by atoms with Gasteiger partial charge in [-0.2, -0.15) is 0 Å². The summed E-state index contributed by atoms with van der Waals surface area (Å²) in [5, 5.41) is 6.25. The van der Waals surface area contributed by atoms with E-state index in [1.807, 2.05) is 12.1 Å². The van der Waals surface area contributed by atoms with Crippen LogP contribution in [0.4, 0.5) is 5.69 Å². The van der Waals surface area contributed by atoms with E-state index in [-0.39, 0.29) is 5.91 Å². The highest BCUT2D eigenvalue weighted by atomic mass is 16.1. The zero-order valence-corrected chi connectivity index (χ0v) is 9.62. The molecule has 0 spiro atoms. The van der Waals surface area contributed by atoms with Gasteiger partial charge in [-0.15, -0.1) is 0 Å². The highest BCUT2D eigenvalue weighted by Gasteiger charge is 2.23. The number of fused-ring (bicyclic) bond motifs is 1. The lowest BCUT2D eigenvalue weighted by atomic mass is 9.97. The molecule has 2 N–H and O–H groups in total. The van der Waals surface area contributed by atoms with Gasteiger partial charge in [0.1, 0.15) is 0 Å². The van der Waals surface area contributed by atoms with Gasteiger partial charge in [-0.1, -0.05) is 25.1 Å². The van der Waals surface area contributed by atoms with Crippen LogP contribution in [0.15, 0.2) is 24.3 Å². The number of carbonyl (C=O) groups excluding carboxylic acids is 1. The second-order valence-electron chi connectivity index (χ2n) is 4.22. The molecule has 0 bridgehead atoms. The molecule has 1 aliphatic rings. The summed E-state index contributed by atoms with van der Waals surface area (Å²) in [6.07, 6.45) is 1.58. The Labute approximate surface area is 96.2 Å². The van der Waals surface area contributed by atoms with Crippen LogP contribution in [0.25, 0.3) is 0 Å². The van der Waals surface area contributed by atoms with Crippen molar-refractivity contribution in [2.75, 3.05) is 18.4 Å². The molecule has 1 aliphatic heterocycles. The lowest BCUT2D eigenvalue weighted by Crippen LogP contribution is -2.26. The first-order chi connectivity index (χ1) is 7.81. The molecule has 3 nitrogen and oxygen atoms in total. The lowest BCUT2D eigenvalue weighted by molar-refractivity contribution is -0.121. The van der Waals surface area contributed by atoms with Gasteiger partial charge in [0.2, 0.25) is 5.91 Å². The zero-order chi connectivity index (χ0) is 11.4. The second kappa shape index (κ2) is 5.01. The van der Waals surface area contributed by atoms with E-state index in [1.54, 1.807) is 0 Å². The monoisotopic (exact) mass is 218 g/mol. The Balaban J connectivity index is 1.95. The van der Waals surface area contributed by atoms with Gasteiger partial charge in [0.25, 0.3) is 0 Å². The summed E-state index contributed by atoms with van der Waals surface area (Å²) in [6.45, 7) is 3.71. The predicted molar refractivity (Wildman–Crippen MR) is 65.6 cm³/mol. The molecular formula is C13H18N2O. The molecule has 1 unspecified atom stereocenters. The third kappa shape index (κ3) is 2.35. The Morgan fingerprint density at radius 1 is 1.50 bits per heavy atom. The summed E-state index contributed by atoms with van der Waals surface area (Å²) < 4.78 is 0. The second-order valence-corrected chi connectivity index (χ2v) is 4.22. The molecule has 0 saturated carbocycles. The molecule has 2 rings (SSSR count). The van der Waals surface area contributed by atoms with Crippen molar-refractivity contribution in [3.63, 3.8) is 0 Å². The molecule has 0 aliphatic carbocycles. The van der Waals surface area contributed by atoms with Crippen LogP contribution >= 0.6 is 0 Å². The van der Waals surface area contributed by atoms with E-state index < -0.39 is 0 Å². The molecule has 1 atom stereocenters. The number of anilines is 1. The van der Waals surface area contributed by atoms with Gasteiger partial charge in [-0.3, -0.25) is 4.79 Å². The highest BCUT2D eigenvalue weighted by Crippen LogP contribution is 2.32. The SMILES string of the molecule is CCCNC(=O)CC1CNc2ccccc21. The van der Waals surface area contributed by atoms with E-state index in [0.29, 0.717) is 12.3 Å². The van der Waals surface area contributed by atoms with E-state index in [1.165, 1.54) is 11.3 Å². The topological polar surface area (TPSA) is 41.1 Å². The minimum Gasteiger partial charge on any atom is -0.384 e. The standard InChI is InChI=1S/C13H18N2O/c1-2-7-14-13(16)8-10-9-15-12-6-4-3-5-11(10)12/h3-6,10,15H,2,7-9H2,1H3,(H,14,16). The third-order valence-electron chi connectivity index (χ3n) is 2.94. The zero-order valence-electron chi connectivity index (χ0n) is 9.62. The molecule has 0 saturated heterocycles. The van der Waals surface area contributed by atoms with Crippen molar-refractivity contribution in [3.8, 4) is 0 Å². The summed E-state index contributed by atoms with van der Waals surface area (Å²) in [6, 6.07) is 8.22. The van der Waals surface area contributed by atoms with Gasteiger partial charge in [0, 0.05) is 31.1 Å². The van der Waals surface area contributed by atoms with E-state index in [4.69, 9.17) is 0 Å². The average Bonchev–Trinajstić information content (AvgIpc) is 2.70. The Hall–Kier alpha value is -1.51. The molecule has 86 valence electrons. The first-order valence-electron chi connectivity index (χ1n) is 5.90. The van der Waals surface area contributed by atoms with Crippen molar-refractivity contribution in [1.29, 1.82) is 0 Å². The van der Waals surface area contributed by atoms with E-state index in [0.717, 1.165) is 19.5 Å².